The molecule has 1 aliphatic heterocycles. The number of hydrogen-bond donors (Lipinski definition) is 0. The highest BCUT2D eigenvalue weighted by atomic mass is 16.5. The van der Waals surface area contributed by atoms with Gasteiger partial charge < -0.3 is 9.64 Å². The van der Waals surface area contributed by atoms with Crippen molar-refractivity contribution in [2.24, 2.45) is 0 Å². The van der Waals surface area contributed by atoms with Gasteiger partial charge in [0.2, 0.25) is 0 Å². The van der Waals surface area contributed by atoms with E-state index in [2.05, 4.69) is 0 Å². The molecule has 1 aromatic rings. The van der Waals surface area contributed by atoms with Crippen LogP contribution in [0.4, 0.5) is 0 Å². The van der Waals surface area contributed by atoms with Crippen LogP contribution in [-0.2, 0) is 4.74 Å². The highest BCUT2D eigenvalue weighted by Crippen LogP contribution is 2.20. The lowest BCUT2D eigenvalue weighted by molar-refractivity contribution is 0.00166. The number of carbonyl (C=O) groups excluding carboxylic acids is 1. The molecular weight excluding hydrogens is 190 g/mol. The summed E-state index contributed by atoms with van der Waals surface area (Å²) in [5.41, 5.74) is 0.737. The van der Waals surface area contributed by atoms with E-state index in [0.717, 1.165) is 24.9 Å². The third-order valence-electron chi connectivity index (χ3n) is 2.75. The van der Waals surface area contributed by atoms with Gasteiger partial charge in [0.15, 0.2) is 0 Å². The number of ether oxygens (including phenoxy) is 1. The van der Waals surface area contributed by atoms with Crippen molar-refractivity contribution >= 4 is 5.91 Å². The molecule has 15 heavy (non-hydrogen) atoms. The maximum absolute atomic E-state index is 12.1. The molecular formula is C12H15NO2. The highest BCUT2D eigenvalue weighted by molar-refractivity contribution is 5.94. The van der Waals surface area contributed by atoms with E-state index in [1.165, 1.54) is 0 Å². The van der Waals surface area contributed by atoms with Crippen LogP contribution in [-0.4, -0.2) is 30.7 Å². The number of amides is 1. The van der Waals surface area contributed by atoms with Crippen molar-refractivity contribution in [2.45, 2.75) is 19.1 Å². The van der Waals surface area contributed by atoms with Gasteiger partial charge >= 0.3 is 0 Å². The number of carbonyl (C=O) groups is 1. The molecule has 0 N–H and O–H groups in total. The van der Waals surface area contributed by atoms with Crippen molar-refractivity contribution in [2.75, 3.05) is 13.7 Å². The molecule has 1 atom stereocenters. The van der Waals surface area contributed by atoms with Gasteiger partial charge in [0.05, 0.1) is 0 Å². The van der Waals surface area contributed by atoms with Gasteiger partial charge in [-0.25, -0.2) is 0 Å². The summed E-state index contributed by atoms with van der Waals surface area (Å²) in [5.74, 6) is 0.0694. The van der Waals surface area contributed by atoms with E-state index >= 15 is 0 Å². The van der Waals surface area contributed by atoms with Crippen LogP contribution in [0.15, 0.2) is 30.3 Å². The Morgan fingerprint density at radius 2 is 2.13 bits per heavy atom. The van der Waals surface area contributed by atoms with Gasteiger partial charge in [-0.3, -0.25) is 4.79 Å². The normalized spacial score (nSPS) is 20.6. The third-order valence-corrected chi connectivity index (χ3v) is 2.75. The fourth-order valence-corrected chi connectivity index (χ4v) is 1.96. The van der Waals surface area contributed by atoms with Crippen LogP contribution < -0.4 is 0 Å². The van der Waals surface area contributed by atoms with E-state index in [0.29, 0.717) is 0 Å². The minimum absolute atomic E-state index is 0.0438. The lowest BCUT2D eigenvalue weighted by Gasteiger charge is -2.23. The molecule has 3 nitrogen and oxygen atoms in total. The average molecular weight is 205 g/mol. The fourth-order valence-electron chi connectivity index (χ4n) is 1.96. The van der Waals surface area contributed by atoms with Crippen molar-refractivity contribution in [1.82, 2.24) is 4.90 Å². The smallest absolute Gasteiger partial charge is 0.255 e. The molecule has 2 rings (SSSR count). The van der Waals surface area contributed by atoms with Gasteiger partial charge in [-0.1, -0.05) is 18.2 Å². The zero-order valence-electron chi connectivity index (χ0n) is 8.85. The van der Waals surface area contributed by atoms with E-state index in [-0.39, 0.29) is 12.1 Å². The second kappa shape index (κ2) is 4.45. The molecule has 1 amide bonds. The Bertz CT molecular complexity index is 337. The predicted molar refractivity (Wildman–Crippen MR) is 57.5 cm³/mol. The third kappa shape index (κ3) is 2.02. The zero-order chi connectivity index (χ0) is 10.7. The molecule has 0 aromatic heterocycles. The SMILES string of the molecule is CO[C@@H]1CCCN1C(=O)c1ccccc1. The first kappa shape index (κ1) is 10.2. The summed E-state index contributed by atoms with van der Waals surface area (Å²) in [6.45, 7) is 0.798. The maximum Gasteiger partial charge on any atom is 0.255 e. The topological polar surface area (TPSA) is 29.5 Å². The van der Waals surface area contributed by atoms with Crippen LogP contribution in [0.25, 0.3) is 0 Å². The van der Waals surface area contributed by atoms with Crippen LogP contribution >= 0.6 is 0 Å². The summed E-state index contributed by atoms with van der Waals surface area (Å²) in [5, 5.41) is 0. The van der Waals surface area contributed by atoms with Gasteiger partial charge in [-0.2, -0.15) is 0 Å². The molecule has 0 radical (unpaired) electrons. The first-order chi connectivity index (χ1) is 7.33. The Labute approximate surface area is 89.7 Å². The summed E-state index contributed by atoms with van der Waals surface area (Å²) >= 11 is 0. The maximum atomic E-state index is 12.1. The Hall–Kier alpha value is -1.35. The molecule has 0 saturated carbocycles. The summed E-state index contributed by atoms with van der Waals surface area (Å²) < 4.78 is 5.27. The molecule has 0 unspecified atom stereocenters. The zero-order valence-corrected chi connectivity index (χ0v) is 8.85. The highest BCUT2D eigenvalue weighted by Gasteiger charge is 2.28. The van der Waals surface area contributed by atoms with Crippen molar-refractivity contribution < 1.29 is 9.53 Å². The molecule has 80 valence electrons. The standard InChI is InChI=1S/C12H15NO2/c1-15-11-8-5-9-13(11)12(14)10-6-3-2-4-7-10/h2-4,6-7,11H,5,8-9H2,1H3/t11-/m1/s1. The van der Waals surface area contributed by atoms with E-state index in [4.69, 9.17) is 4.74 Å². The Kier molecular flexibility index (Phi) is 3.02. The minimum Gasteiger partial charge on any atom is -0.362 e. The number of methoxy groups -OCH3 is 1. The molecule has 0 spiro atoms. The Morgan fingerprint density at radius 1 is 1.40 bits per heavy atom. The van der Waals surface area contributed by atoms with E-state index in [9.17, 15) is 4.79 Å². The van der Waals surface area contributed by atoms with Crippen LogP contribution in [0.1, 0.15) is 23.2 Å². The molecule has 1 aromatic carbocycles. The van der Waals surface area contributed by atoms with E-state index < -0.39 is 0 Å². The summed E-state index contributed by atoms with van der Waals surface area (Å²) in [4.78, 5) is 13.9. The second-order valence-electron chi connectivity index (χ2n) is 3.70. The first-order valence-corrected chi connectivity index (χ1v) is 5.22. The molecule has 1 fully saturated rings. The molecule has 1 heterocycles. The lowest BCUT2D eigenvalue weighted by Crippen LogP contribution is -2.36. The number of hydrogen-bond acceptors (Lipinski definition) is 2. The number of benzene rings is 1. The predicted octanol–water partition coefficient (Wildman–Crippen LogP) is 1.90. The summed E-state index contributed by atoms with van der Waals surface area (Å²) in [7, 11) is 1.65. The Morgan fingerprint density at radius 3 is 2.80 bits per heavy atom. The average Bonchev–Trinajstić information content (AvgIpc) is 2.77. The minimum atomic E-state index is -0.0438. The van der Waals surface area contributed by atoms with Crippen molar-refractivity contribution in [1.29, 1.82) is 0 Å². The molecule has 0 aliphatic carbocycles. The van der Waals surface area contributed by atoms with Crippen molar-refractivity contribution in [3.05, 3.63) is 35.9 Å². The van der Waals surface area contributed by atoms with Crippen LogP contribution in [0.2, 0.25) is 0 Å². The molecule has 0 bridgehead atoms. The number of nitrogens with zero attached hydrogens (tertiary/aromatic N) is 1. The quantitative estimate of drug-likeness (QED) is 0.738. The van der Waals surface area contributed by atoms with E-state index in [1.807, 2.05) is 30.3 Å². The lowest BCUT2D eigenvalue weighted by atomic mass is 10.2. The van der Waals surface area contributed by atoms with Gasteiger partial charge in [0.1, 0.15) is 6.23 Å². The van der Waals surface area contributed by atoms with Gasteiger partial charge in [0.25, 0.3) is 5.91 Å². The molecule has 1 aliphatic rings. The number of rotatable bonds is 2. The number of likely N-dealkylation sites (tertiary alicyclic amines) is 1. The summed E-state index contributed by atoms with van der Waals surface area (Å²) in [6.07, 6.45) is 1.92. The van der Waals surface area contributed by atoms with Crippen LogP contribution in [0, 0.1) is 0 Å². The van der Waals surface area contributed by atoms with Crippen LogP contribution in [0.3, 0.4) is 0 Å². The van der Waals surface area contributed by atoms with Crippen molar-refractivity contribution in [3.8, 4) is 0 Å². The van der Waals surface area contributed by atoms with Gasteiger partial charge in [-0.05, 0) is 25.0 Å². The van der Waals surface area contributed by atoms with Gasteiger partial charge in [0, 0.05) is 19.2 Å². The van der Waals surface area contributed by atoms with E-state index in [1.54, 1.807) is 12.0 Å². The summed E-state index contributed by atoms with van der Waals surface area (Å²) in [6, 6.07) is 9.35. The molecule has 3 heteroatoms. The molecule has 1 saturated heterocycles. The Balaban J connectivity index is 2.14. The second-order valence-corrected chi connectivity index (χ2v) is 3.70. The van der Waals surface area contributed by atoms with Gasteiger partial charge in [-0.15, -0.1) is 0 Å². The fraction of sp³-hybridized carbons (Fsp3) is 0.417. The largest absolute Gasteiger partial charge is 0.362 e. The monoisotopic (exact) mass is 205 g/mol. The van der Waals surface area contributed by atoms with Crippen LogP contribution in [0.5, 0.6) is 0 Å². The first-order valence-electron chi connectivity index (χ1n) is 5.22. The van der Waals surface area contributed by atoms with Crippen molar-refractivity contribution in [3.63, 3.8) is 0 Å².